The molecule has 4 nitrogen and oxygen atoms in total. The zero-order chi connectivity index (χ0) is 12.3. The van der Waals surface area contributed by atoms with E-state index in [0.717, 1.165) is 0 Å². The molecular formula is C11H11ClO4. The van der Waals surface area contributed by atoms with Crippen molar-refractivity contribution < 1.29 is 19.8 Å². The highest BCUT2D eigenvalue weighted by atomic mass is 35.5. The first-order chi connectivity index (χ1) is 7.36. The van der Waals surface area contributed by atoms with Crippen molar-refractivity contribution in [1.82, 2.24) is 0 Å². The van der Waals surface area contributed by atoms with Crippen LogP contribution in [0.3, 0.4) is 0 Å². The Bertz CT molecular complexity index is 396. The quantitative estimate of drug-likeness (QED) is 0.793. The van der Waals surface area contributed by atoms with E-state index in [4.69, 9.17) is 21.8 Å². The number of hydrogen-bond donors (Lipinski definition) is 2. The van der Waals surface area contributed by atoms with Gasteiger partial charge in [-0.3, -0.25) is 9.59 Å². The number of hydrogen-bond acceptors (Lipinski definition) is 2. The zero-order valence-corrected chi connectivity index (χ0v) is 9.36. The Morgan fingerprint density at radius 1 is 1.19 bits per heavy atom. The summed E-state index contributed by atoms with van der Waals surface area (Å²) in [5.41, 5.74) is -1.19. The van der Waals surface area contributed by atoms with Gasteiger partial charge in [-0.05, 0) is 31.0 Å². The standard InChI is InChI=1S/C11H11ClO4/c1-11(9(13)14,10(15)16)6-7-2-4-8(12)5-3-7/h2-5H,6H2,1H3,(H,13,14)(H,15,16). The van der Waals surface area contributed by atoms with Crippen molar-refractivity contribution in [2.75, 3.05) is 0 Å². The minimum Gasteiger partial charge on any atom is -0.480 e. The van der Waals surface area contributed by atoms with Crippen LogP contribution >= 0.6 is 11.6 Å². The smallest absolute Gasteiger partial charge is 0.321 e. The topological polar surface area (TPSA) is 74.6 Å². The van der Waals surface area contributed by atoms with Crippen molar-refractivity contribution in [3.63, 3.8) is 0 Å². The summed E-state index contributed by atoms with van der Waals surface area (Å²) in [6.07, 6.45) is -0.0746. The van der Waals surface area contributed by atoms with Crippen LogP contribution in [0.25, 0.3) is 0 Å². The van der Waals surface area contributed by atoms with Gasteiger partial charge in [-0.15, -0.1) is 0 Å². The molecule has 1 aromatic carbocycles. The molecule has 0 fully saturated rings. The molecule has 0 saturated carbocycles. The van der Waals surface area contributed by atoms with Crippen LogP contribution in [0.2, 0.25) is 5.02 Å². The lowest BCUT2D eigenvalue weighted by atomic mass is 9.84. The van der Waals surface area contributed by atoms with Crippen molar-refractivity contribution in [2.45, 2.75) is 13.3 Å². The van der Waals surface area contributed by atoms with Crippen LogP contribution in [0.4, 0.5) is 0 Å². The summed E-state index contributed by atoms with van der Waals surface area (Å²) in [6, 6.07) is 6.43. The third-order valence-electron chi connectivity index (χ3n) is 2.41. The molecule has 16 heavy (non-hydrogen) atoms. The molecule has 0 amide bonds. The average Bonchev–Trinajstić information content (AvgIpc) is 2.20. The SMILES string of the molecule is CC(Cc1ccc(Cl)cc1)(C(=O)O)C(=O)O. The van der Waals surface area contributed by atoms with Crippen molar-refractivity contribution in [2.24, 2.45) is 5.41 Å². The van der Waals surface area contributed by atoms with Gasteiger partial charge >= 0.3 is 11.9 Å². The highest BCUT2D eigenvalue weighted by Crippen LogP contribution is 2.24. The third kappa shape index (κ3) is 2.52. The highest BCUT2D eigenvalue weighted by molar-refractivity contribution is 6.30. The highest BCUT2D eigenvalue weighted by Gasteiger charge is 2.41. The molecule has 0 aliphatic heterocycles. The lowest BCUT2D eigenvalue weighted by molar-refractivity contribution is -0.163. The Morgan fingerprint density at radius 2 is 1.62 bits per heavy atom. The molecule has 86 valence electrons. The first-order valence-electron chi connectivity index (χ1n) is 4.57. The Balaban J connectivity index is 2.97. The van der Waals surface area contributed by atoms with E-state index in [1.165, 1.54) is 6.92 Å². The van der Waals surface area contributed by atoms with E-state index in [0.29, 0.717) is 10.6 Å². The van der Waals surface area contributed by atoms with E-state index >= 15 is 0 Å². The van der Waals surface area contributed by atoms with Crippen LogP contribution in [0.1, 0.15) is 12.5 Å². The number of halogens is 1. The summed E-state index contributed by atoms with van der Waals surface area (Å²) in [7, 11) is 0. The summed E-state index contributed by atoms with van der Waals surface area (Å²) < 4.78 is 0. The number of carboxylic acids is 2. The molecule has 0 bridgehead atoms. The largest absolute Gasteiger partial charge is 0.480 e. The normalized spacial score (nSPS) is 11.1. The number of benzene rings is 1. The van der Waals surface area contributed by atoms with Crippen molar-refractivity contribution >= 4 is 23.5 Å². The lowest BCUT2D eigenvalue weighted by Crippen LogP contribution is -2.38. The molecule has 0 aromatic heterocycles. The summed E-state index contributed by atoms with van der Waals surface area (Å²) >= 11 is 5.68. The van der Waals surface area contributed by atoms with Gasteiger partial charge in [0.05, 0.1) is 0 Å². The van der Waals surface area contributed by atoms with Crippen LogP contribution in [-0.4, -0.2) is 22.2 Å². The minimum absolute atomic E-state index is 0.0746. The lowest BCUT2D eigenvalue weighted by Gasteiger charge is -2.19. The predicted octanol–water partition coefficient (Wildman–Crippen LogP) is 2.06. The summed E-state index contributed by atoms with van der Waals surface area (Å²) in [5, 5.41) is 18.3. The van der Waals surface area contributed by atoms with Crippen molar-refractivity contribution in [1.29, 1.82) is 0 Å². The molecule has 0 radical (unpaired) electrons. The zero-order valence-electron chi connectivity index (χ0n) is 8.61. The Kier molecular flexibility index (Phi) is 3.55. The van der Waals surface area contributed by atoms with E-state index in [2.05, 4.69) is 0 Å². The second-order valence-corrected chi connectivity index (χ2v) is 4.18. The molecule has 2 N–H and O–H groups in total. The van der Waals surface area contributed by atoms with Crippen LogP contribution in [-0.2, 0) is 16.0 Å². The number of carboxylic acid groups (broad SMARTS) is 2. The van der Waals surface area contributed by atoms with Gasteiger partial charge in [0.15, 0.2) is 5.41 Å². The molecule has 5 heteroatoms. The molecule has 0 spiro atoms. The molecule has 1 rings (SSSR count). The molecule has 0 saturated heterocycles. The van der Waals surface area contributed by atoms with Crippen LogP contribution in [0.15, 0.2) is 24.3 Å². The average molecular weight is 243 g/mol. The molecular weight excluding hydrogens is 232 g/mol. The van der Waals surface area contributed by atoms with Gasteiger partial charge in [-0.2, -0.15) is 0 Å². The second-order valence-electron chi connectivity index (χ2n) is 3.75. The molecule has 0 heterocycles. The maximum Gasteiger partial charge on any atom is 0.321 e. The minimum atomic E-state index is -1.81. The summed E-state index contributed by atoms with van der Waals surface area (Å²) in [5.74, 6) is -2.70. The van der Waals surface area contributed by atoms with Gasteiger partial charge in [0.25, 0.3) is 0 Å². The summed E-state index contributed by atoms with van der Waals surface area (Å²) in [6.45, 7) is 1.19. The Labute approximate surface area is 97.5 Å². The number of rotatable bonds is 4. The first-order valence-corrected chi connectivity index (χ1v) is 4.95. The third-order valence-corrected chi connectivity index (χ3v) is 2.67. The maximum atomic E-state index is 10.9. The van der Waals surface area contributed by atoms with Gasteiger partial charge < -0.3 is 10.2 Å². The van der Waals surface area contributed by atoms with Crippen molar-refractivity contribution in [3.8, 4) is 0 Å². The van der Waals surface area contributed by atoms with Crippen LogP contribution < -0.4 is 0 Å². The fraction of sp³-hybridized carbons (Fsp3) is 0.273. The predicted molar refractivity (Wildman–Crippen MR) is 58.5 cm³/mol. The van der Waals surface area contributed by atoms with E-state index in [1.54, 1.807) is 24.3 Å². The van der Waals surface area contributed by atoms with E-state index in [-0.39, 0.29) is 6.42 Å². The van der Waals surface area contributed by atoms with Gasteiger partial charge in [0, 0.05) is 5.02 Å². The number of carbonyl (C=O) groups is 2. The van der Waals surface area contributed by atoms with E-state index in [9.17, 15) is 9.59 Å². The fourth-order valence-electron chi connectivity index (χ4n) is 1.25. The van der Waals surface area contributed by atoms with E-state index < -0.39 is 17.4 Å². The molecule has 0 atom stereocenters. The second kappa shape index (κ2) is 4.53. The molecule has 0 unspecified atom stereocenters. The number of aliphatic carboxylic acids is 2. The van der Waals surface area contributed by atoms with Crippen LogP contribution in [0.5, 0.6) is 0 Å². The molecule has 0 aliphatic rings. The van der Waals surface area contributed by atoms with Gasteiger partial charge in [0.2, 0.25) is 0 Å². The van der Waals surface area contributed by atoms with Crippen LogP contribution in [0, 0.1) is 5.41 Å². The first kappa shape index (κ1) is 12.5. The van der Waals surface area contributed by atoms with Gasteiger partial charge in [-0.25, -0.2) is 0 Å². The van der Waals surface area contributed by atoms with Gasteiger partial charge in [-0.1, -0.05) is 23.7 Å². The van der Waals surface area contributed by atoms with E-state index in [1.807, 2.05) is 0 Å². The Hall–Kier alpha value is -1.55. The molecule has 1 aromatic rings. The fourth-order valence-corrected chi connectivity index (χ4v) is 1.38. The molecule has 0 aliphatic carbocycles. The van der Waals surface area contributed by atoms with Crippen molar-refractivity contribution in [3.05, 3.63) is 34.9 Å². The summed E-state index contributed by atoms with van der Waals surface area (Å²) in [4.78, 5) is 21.9. The van der Waals surface area contributed by atoms with Gasteiger partial charge in [0.1, 0.15) is 0 Å². The monoisotopic (exact) mass is 242 g/mol. The maximum absolute atomic E-state index is 10.9. The Morgan fingerprint density at radius 3 is 2.00 bits per heavy atom.